The molecule has 0 aliphatic rings. The first kappa shape index (κ1) is 16.0. The van der Waals surface area contributed by atoms with Gasteiger partial charge in [0.05, 0.1) is 5.02 Å². The third-order valence-electron chi connectivity index (χ3n) is 3.91. The Kier molecular flexibility index (Phi) is 4.35. The van der Waals surface area contributed by atoms with Crippen LogP contribution in [0.2, 0.25) is 10.0 Å². The van der Waals surface area contributed by atoms with Gasteiger partial charge in [-0.2, -0.15) is 0 Å². The molecule has 3 nitrogen and oxygen atoms in total. The number of oxazole rings is 1. The molecule has 124 valence electrons. The SMILES string of the molecule is Clc1ccccc1Cc1cc2ocnc2cc1Oc1ccccc1Cl. The van der Waals surface area contributed by atoms with Gasteiger partial charge in [-0.3, -0.25) is 0 Å². The van der Waals surface area contributed by atoms with E-state index in [2.05, 4.69) is 4.98 Å². The first-order valence-corrected chi connectivity index (χ1v) is 8.48. The number of nitrogens with zero attached hydrogens (tertiary/aromatic N) is 1. The summed E-state index contributed by atoms with van der Waals surface area (Å²) in [6.45, 7) is 0. The van der Waals surface area contributed by atoms with E-state index in [1.807, 2.05) is 54.6 Å². The zero-order chi connectivity index (χ0) is 17.2. The van der Waals surface area contributed by atoms with Crippen molar-refractivity contribution in [2.24, 2.45) is 0 Å². The maximum absolute atomic E-state index is 6.31. The Morgan fingerprint density at radius 1 is 0.840 bits per heavy atom. The number of hydrogen-bond acceptors (Lipinski definition) is 3. The molecule has 0 fully saturated rings. The summed E-state index contributed by atoms with van der Waals surface area (Å²) in [6.07, 6.45) is 2.03. The van der Waals surface area contributed by atoms with Crippen molar-refractivity contribution in [1.82, 2.24) is 4.98 Å². The molecule has 0 spiro atoms. The van der Waals surface area contributed by atoms with Crippen LogP contribution in [-0.2, 0) is 6.42 Å². The number of aromatic nitrogens is 1. The Morgan fingerprint density at radius 2 is 1.60 bits per heavy atom. The average molecular weight is 370 g/mol. The van der Waals surface area contributed by atoms with Gasteiger partial charge < -0.3 is 9.15 Å². The Morgan fingerprint density at radius 3 is 2.40 bits per heavy atom. The summed E-state index contributed by atoms with van der Waals surface area (Å²) < 4.78 is 11.5. The van der Waals surface area contributed by atoms with Gasteiger partial charge in [-0.15, -0.1) is 0 Å². The summed E-state index contributed by atoms with van der Waals surface area (Å²) in [5.41, 5.74) is 3.38. The summed E-state index contributed by atoms with van der Waals surface area (Å²) in [7, 11) is 0. The first-order chi connectivity index (χ1) is 12.2. The van der Waals surface area contributed by atoms with Crippen molar-refractivity contribution < 1.29 is 9.15 Å². The first-order valence-electron chi connectivity index (χ1n) is 7.72. The van der Waals surface area contributed by atoms with E-state index in [1.165, 1.54) is 6.39 Å². The minimum absolute atomic E-state index is 0.548. The van der Waals surface area contributed by atoms with E-state index in [0.717, 1.165) is 16.6 Å². The molecule has 0 bridgehead atoms. The molecule has 4 rings (SSSR count). The second kappa shape index (κ2) is 6.79. The molecule has 0 amide bonds. The number of rotatable bonds is 4. The standard InChI is InChI=1S/C20H13Cl2NO2/c21-15-6-2-1-5-13(15)9-14-10-20-17(23-12-24-20)11-19(14)25-18-8-4-3-7-16(18)22/h1-8,10-12H,9H2. The molecule has 0 aliphatic carbocycles. The lowest BCUT2D eigenvalue weighted by Gasteiger charge is -2.13. The third kappa shape index (κ3) is 3.34. The minimum Gasteiger partial charge on any atom is -0.455 e. The van der Waals surface area contributed by atoms with Gasteiger partial charge >= 0.3 is 0 Å². The lowest BCUT2D eigenvalue weighted by atomic mass is 10.0. The zero-order valence-electron chi connectivity index (χ0n) is 13.1. The molecule has 0 radical (unpaired) electrons. The summed E-state index contributed by atoms with van der Waals surface area (Å²) in [6, 6.07) is 18.9. The fourth-order valence-electron chi connectivity index (χ4n) is 2.65. The molecule has 25 heavy (non-hydrogen) atoms. The van der Waals surface area contributed by atoms with Crippen LogP contribution in [0.25, 0.3) is 11.1 Å². The van der Waals surface area contributed by atoms with E-state index >= 15 is 0 Å². The normalized spacial score (nSPS) is 11.0. The largest absolute Gasteiger partial charge is 0.455 e. The molecule has 5 heteroatoms. The van der Waals surface area contributed by atoms with Gasteiger partial charge in [0.15, 0.2) is 12.0 Å². The van der Waals surface area contributed by atoms with Crippen LogP contribution in [0.1, 0.15) is 11.1 Å². The fraction of sp³-hybridized carbons (Fsp3) is 0.0500. The van der Waals surface area contributed by atoms with Crippen molar-refractivity contribution in [3.8, 4) is 11.5 Å². The quantitative estimate of drug-likeness (QED) is 0.410. The van der Waals surface area contributed by atoms with Crippen LogP contribution in [0, 0.1) is 0 Å². The van der Waals surface area contributed by atoms with Gasteiger partial charge in [-0.25, -0.2) is 4.98 Å². The summed E-state index contributed by atoms with van der Waals surface area (Å²) >= 11 is 12.5. The third-order valence-corrected chi connectivity index (χ3v) is 4.59. The summed E-state index contributed by atoms with van der Waals surface area (Å²) in [5, 5.41) is 1.26. The maximum Gasteiger partial charge on any atom is 0.181 e. The molecule has 0 unspecified atom stereocenters. The second-order valence-electron chi connectivity index (χ2n) is 5.58. The van der Waals surface area contributed by atoms with Gasteiger partial charge in [0.1, 0.15) is 17.0 Å². The molecule has 0 saturated carbocycles. The number of hydrogen-bond donors (Lipinski definition) is 0. The predicted octanol–water partition coefficient (Wildman–Crippen LogP) is 6.52. The van der Waals surface area contributed by atoms with Crippen molar-refractivity contribution in [2.75, 3.05) is 0 Å². The van der Waals surface area contributed by atoms with Crippen LogP contribution in [0.15, 0.2) is 71.5 Å². The van der Waals surface area contributed by atoms with E-state index in [1.54, 1.807) is 6.07 Å². The van der Waals surface area contributed by atoms with Crippen molar-refractivity contribution in [2.45, 2.75) is 6.42 Å². The molecular formula is C20H13Cl2NO2. The fourth-order valence-corrected chi connectivity index (χ4v) is 3.03. The lowest BCUT2D eigenvalue weighted by molar-refractivity contribution is 0.478. The smallest absolute Gasteiger partial charge is 0.181 e. The molecule has 0 atom stereocenters. The number of fused-ring (bicyclic) bond motifs is 1. The highest BCUT2D eigenvalue weighted by Crippen LogP contribution is 2.35. The molecule has 0 N–H and O–H groups in total. The second-order valence-corrected chi connectivity index (χ2v) is 6.40. The van der Waals surface area contributed by atoms with Crippen LogP contribution in [0.5, 0.6) is 11.5 Å². The summed E-state index contributed by atoms with van der Waals surface area (Å²) in [5.74, 6) is 1.27. The van der Waals surface area contributed by atoms with Crippen molar-refractivity contribution in [3.05, 3.63) is 88.2 Å². The predicted molar refractivity (Wildman–Crippen MR) is 99.8 cm³/mol. The Labute approximate surface area is 154 Å². The molecule has 0 aliphatic heterocycles. The highest BCUT2D eigenvalue weighted by molar-refractivity contribution is 6.32. The van der Waals surface area contributed by atoms with Crippen molar-refractivity contribution >= 4 is 34.3 Å². The van der Waals surface area contributed by atoms with E-state index in [-0.39, 0.29) is 0 Å². The number of ether oxygens (including phenoxy) is 1. The number of para-hydroxylation sites is 1. The monoisotopic (exact) mass is 369 g/mol. The van der Waals surface area contributed by atoms with E-state index in [0.29, 0.717) is 33.5 Å². The maximum atomic E-state index is 6.31. The van der Waals surface area contributed by atoms with Crippen LogP contribution >= 0.6 is 23.2 Å². The van der Waals surface area contributed by atoms with Crippen molar-refractivity contribution in [1.29, 1.82) is 0 Å². The Balaban J connectivity index is 1.78. The molecule has 0 saturated heterocycles. The molecule has 1 heterocycles. The molecule has 4 aromatic rings. The van der Waals surface area contributed by atoms with Gasteiger partial charge in [0.2, 0.25) is 0 Å². The molecule has 1 aromatic heterocycles. The topological polar surface area (TPSA) is 35.3 Å². The van der Waals surface area contributed by atoms with Gasteiger partial charge in [-0.1, -0.05) is 53.5 Å². The Hall–Kier alpha value is -2.49. The zero-order valence-corrected chi connectivity index (χ0v) is 14.6. The van der Waals surface area contributed by atoms with E-state index in [9.17, 15) is 0 Å². The van der Waals surface area contributed by atoms with Crippen LogP contribution in [0.3, 0.4) is 0 Å². The number of halogens is 2. The van der Waals surface area contributed by atoms with Gasteiger partial charge in [0.25, 0.3) is 0 Å². The highest BCUT2D eigenvalue weighted by atomic mass is 35.5. The Bertz CT molecular complexity index is 961. The molecular weight excluding hydrogens is 357 g/mol. The molecule has 3 aromatic carbocycles. The highest BCUT2D eigenvalue weighted by Gasteiger charge is 2.13. The van der Waals surface area contributed by atoms with Crippen LogP contribution in [-0.4, -0.2) is 4.98 Å². The van der Waals surface area contributed by atoms with Crippen molar-refractivity contribution in [3.63, 3.8) is 0 Å². The van der Waals surface area contributed by atoms with Crippen LogP contribution in [0.4, 0.5) is 0 Å². The number of benzene rings is 3. The van der Waals surface area contributed by atoms with Gasteiger partial charge in [-0.05, 0) is 29.8 Å². The van der Waals surface area contributed by atoms with Gasteiger partial charge in [0, 0.05) is 23.1 Å². The van der Waals surface area contributed by atoms with Crippen LogP contribution < -0.4 is 4.74 Å². The minimum atomic E-state index is 0.548. The lowest BCUT2D eigenvalue weighted by Crippen LogP contribution is -1.95. The van der Waals surface area contributed by atoms with E-state index < -0.39 is 0 Å². The van der Waals surface area contributed by atoms with E-state index in [4.69, 9.17) is 32.4 Å². The average Bonchev–Trinajstić information content (AvgIpc) is 3.06. The summed E-state index contributed by atoms with van der Waals surface area (Å²) in [4.78, 5) is 4.20.